The molecule has 18 heavy (non-hydrogen) atoms. The summed E-state index contributed by atoms with van der Waals surface area (Å²) in [6.07, 6.45) is 0.870. The molecule has 1 atom stereocenters. The predicted molar refractivity (Wildman–Crippen MR) is 74.6 cm³/mol. The molecule has 0 spiro atoms. The van der Waals surface area contributed by atoms with Crippen molar-refractivity contribution in [2.75, 3.05) is 0 Å². The maximum absolute atomic E-state index is 10.5. The van der Waals surface area contributed by atoms with Gasteiger partial charge in [-0.1, -0.05) is 30.3 Å². The van der Waals surface area contributed by atoms with Crippen LogP contribution in [0.2, 0.25) is 0 Å². The Bertz CT molecular complexity index is 428. The van der Waals surface area contributed by atoms with Crippen molar-refractivity contribution in [2.24, 2.45) is 5.92 Å². The highest BCUT2D eigenvalue weighted by Crippen LogP contribution is 2.04. The van der Waals surface area contributed by atoms with E-state index in [2.05, 4.69) is 12.6 Å². The summed E-state index contributed by atoms with van der Waals surface area (Å²) in [5, 5.41) is 7.69. The first-order valence-electron chi connectivity index (χ1n) is 5.33. The van der Waals surface area contributed by atoms with Crippen molar-refractivity contribution >= 4 is 34.6 Å². The lowest BCUT2D eigenvalue weighted by molar-refractivity contribution is -0.111. The number of hydrogen-bond acceptors (Lipinski definition) is 3. The molecule has 1 aromatic rings. The molecule has 1 aromatic carbocycles. The van der Waals surface area contributed by atoms with Crippen LogP contribution in [0.4, 0.5) is 0 Å². The predicted octanol–water partition coefficient (Wildman–Crippen LogP) is 3.45. The summed E-state index contributed by atoms with van der Waals surface area (Å²) < 4.78 is 0. The number of halogens is 1. The molecular formula is C13H14ClNO2S. The number of rotatable bonds is 4. The average Bonchev–Trinajstić information content (AvgIpc) is 2.37. The molecule has 0 N–H and O–H groups in total. The first-order valence-corrected chi connectivity index (χ1v) is 6.16. The van der Waals surface area contributed by atoms with Gasteiger partial charge in [0.2, 0.25) is 10.4 Å². The van der Waals surface area contributed by atoms with E-state index in [1.165, 1.54) is 0 Å². The van der Waals surface area contributed by atoms with E-state index >= 15 is 0 Å². The quantitative estimate of drug-likeness (QED) is 0.680. The molecule has 0 saturated heterocycles. The van der Waals surface area contributed by atoms with Gasteiger partial charge in [0.05, 0.1) is 6.07 Å². The van der Waals surface area contributed by atoms with Gasteiger partial charge in [0.1, 0.15) is 0 Å². The number of carbonyl (C=O) groups excluding carboxylic acids is 2. The van der Waals surface area contributed by atoms with Crippen molar-refractivity contribution in [2.45, 2.75) is 19.8 Å². The van der Waals surface area contributed by atoms with Crippen LogP contribution in [-0.2, 0) is 4.79 Å². The standard InChI is InChI=1S/C7H6OS.C6H8ClNO/c8-7(9)6-4-2-1-3-5-6;1-5(4-8)2-3-6(7)9/h1-5H,(H,8,9);5H,2-3H2,1H3. The Morgan fingerprint density at radius 3 is 2.28 bits per heavy atom. The third-order valence-corrected chi connectivity index (χ3v) is 2.46. The lowest BCUT2D eigenvalue weighted by Crippen LogP contribution is -1.93. The van der Waals surface area contributed by atoms with Gasteiger partial charge in [-0.25, -0.2) is 0 Å². The van der Waals surface area contributed by atoms with Crippen molar-refractivity contribution in [3.63, 3.8) is 0 Å². The van der Waals surface area contributed by atoms with Gasteiger partial charge in [-0.05, 0) is 24.9 Å². The van der Waals surface area contributed by atoms with E-state index in [1.54, 1.807) is 19.1 Å². The van der Waals surface area contributed by atoms with E-state index in [9.17, 15) is 9.59 Å². The number of nitrogens with zero attached hydrogens (tertiary/aromatic N) is 1. The fourth-order valence-electron chi connectivity index (χ4n) is 0.975. The van der Waals surface area contributed by atoms with Crippen LogP contribution < -0.4 is 0 Å². The fraction of sp³-hybridized carbons (Fsp3) is 0.308. The summed E-state index contributed by atoms with van der Waals surface area (Å²) in [6.45, 7) is 1.76. The maximum atomic E-state index is 10.5. The summed E-state index contributed by atoms with van der Waals surface area (Å²) in [5.74, 6) is -0.0623. The lowest BCUT2D eigenvalue weighted by atomic mass is 10.1. The Morgan fingerprint density at radius 1 is 1.39 bits per heavy atom. The Morgan fingerprint density at radius 2 is 1.94 bits per heavy atom. The Hall–Kier alpha value is -1.31. The normalized spacial score (nSPS) is 10.6. The molecule has 0 bridgehead atoms. The van der Waals surface area contributed by atoms with E-state index < -0.39 is 0 Å². The molecular weight excluding hydrogens is 270 g/mol. The van der Waals surface area contributed by atoms with E-state index in [1.807, 2.05) is 24.3 Å². The molecule has 0 radical (unpaired) electrons. The van der Waals surface area contributed by atoms with E-state index in [-0.39, 0.29) is 16.3 Å². The summed E-state index contributed by atoms with van der Waals surface area (Å²) in [5.41, 5.74) is 0.640. The molecule has 0 aliphatic heterocycles. The van der Waals surface area contributed by atoms with Crippen LogP contribution in [0.25, 0.3) is 0 Å². The Balaban J connectivity index is 0.000000321. The molecule has 96 valence electrons. The van der Waals surface area contributed by atoms with Crippen LogP contribution in [0.3, 0.4) is 0 Å². The molecule has 0 fully saturated rings. The Labute approximate surface area is 117 Å². The average molecular weight is 284 g/mol. The smallest absolute Gasteiger partial charge is 0.221 e. The molecule has 1 rings (SSSR count). The van der Waals surface area contributed by atoms with Crippen LogP contribution in [0.5, 0.6) is 0 Å². The zero-order valence-electron chi connectivity index (χ0n) is 9.97. The summed E-state index contributed by atoms with van der Waals surface area (Å²) in [6, 6.07) is 11.0. The number of carbonyl (C=O) groups is 2. The van der Waals surface area contributed by atoms with Crippen molar-refractivity contribution in [3.8, 4) is 6.07 Å². The van der Waals surface area contributed by atoms with Gasteiger partial charge in [0, 0.05) is 17.9 Å². The van der Waals surface area contributed by atoms with Crippen LogP contribution in [-0.4, -0.2) is 10.4 Å². The van der Waals surface area contributed by atoms with Gasteiger partial charge >= 0.3 is 0 Å². The molecule has 0 heterocycles. The van der Waals surface area contributed by atoms with E-state index in [0.29, 0.717) is 18.4 Å². The fourth-order valence-corrected chi connectivity index (χ4v) is 1.23. The van der Waals surface area contributed by atoms with Crippen LogP contribution in [0.15, 0.2) is 30.3 Å². The first kappa shape index (κ1) is 16.7. The van der Waals surface area contributed by atoms with E-state index in [0.717, 1.165) is 0 Å². The topological polar surface area (TPSA) is 57.9 Å². The van der Waals surface area contributed by atoms with Crippen LogP contribution in [0, 0.1) is 17.2 Å². The van der Waals surface area contributed by atoms with E-state index in [4.69, 9.17) is 16.9 Å². The van der Waals surface area contributed by atoms with Gasteiger partial charge in [-0.15, -0.1) is 12.6 Å². The van der Waals surface area contributed by atoms with Crippen LogP contribution >= 0.6 is 24.2 Å². The van der Waals surface area contributed by atoms with Crippen molar-refractivity contribution in [3.05, 3.63) is 35.9 Å². The zero-order valence-corrected chi connectivity index (χ0v) is 11.6. The highest BCUT2D eigenvalue weighted by molar-refractivity contribution is 7.97. The molecule has 0 aromatic heterocycles. The third-order valence-electron chi connectivity index (χ3n) is 2.02. The molecule has 0 saturated carbocycles. The zero-order chi connectivity index (χ0) is 14.0. The Kier molecular flexibility index (Phi) is 8.99. The van der Waals surface area contributed by atoms with Gasteiger partial charge in [0.15, 0.2) is 0 Å². The lowest BCUT2D eigenvalue weighted by Gasteiger charge is -1.94. The molecule has 5 heteroatoms. The molecule has 0 aliphatic carbocycles. The van der Waals surface area contributed by atoms with Gasteiger partial charge in [-0.2, -0.15) is 5.26 Å². The minimum Gasteiger partial charge on any atom is -0.282 e. The number of benzene rings is 1. The highest BCUT2D eigenvalue weighted by Gasteiger charge is 2.01. The third kappa shape index (κ3) is 8.80. The highest BCUT2D eigenvalue weighted by atomic mass is 35.5. The molecule has 0 aliphatic rings. The largest absolute Gasteiger partial charge is 0.282 e. The van der Waals surface area contributed by atoms with Gasteiger partial charge in [0.25, 0.3) is 0 Å². The molecule has 1 unspecified atom stereocenters. The maximum Gasteiger partial charge on any atom is 0.221 e. The number of nitriles is 1. The summed E-state index contributed by atoms with van der Waals surface area (Å²) in [4.78, 5) is 20.6. The molecule has 3 nitrogen and oxygen atoms in total. The number of hydrogen-bond donors (Lipinski definition) is 1. The van der Waals surface area contributed by atoms with Crippen molar-refractivity contribution < 1.29 is 9.59 Å². The summed E-state index contributed by atoms with van der Waals surface area (Å²) in [7, 11) is 0. The van der Waals surface area contributed by atoms with Crippen molar-refractivity contribution in [1.82, 2.24) is 0 Å². The second-order valence-electron chi connectivity index (χ2n) is 3.60. The second kappa shape index (κ2) is 9.69. The second-order valence-corrected chi connectivity index (χ2v) is 4.42. The SMILES string of the molecule is CC(C#N)CCC(=O)Cl.O=C(S)c1ccccc1. The van der Waals surface area contributed by atoms with Crippen molar-refractivity contribution in [1.29, 1.82) is 5.26 Å². The minimum atomic E-state index is -0.364. The monoisotopic (exact) mass is 283 g/mol. The van der Waals surface area contributed by atoms with Gasteiger partial charge < -0.3 is 0 Å². The first-order chi connectivity index (χ1) is 8.47. The van der Waals surface area contributed by atoms with Gasteiger partial charge in [-0.3, -0.25) is 9.59 Å². The minimum absolute atomic E-state index is 0.0623. The van der Waals surface area contributed by atoms with Crippen LogP contribution in [0.1, 0.15) is 30.1 Å². The number of thiol groups is 1. The molecule has 0 amide bonds. The summed E-state index contributed by atoms with van der Waals surface area (Å²) >= 11 is 8.68.